The zero-order valence-electron chi connectivity index (χ0n) is 19.0. The lowest BCUT2D eigenvalue weighted by atomic mass is 9.97. The van der Waals surface area contributed by atoms with E-state index in [1.54, 1.807) is 7.11 Å². The van der Waals surface area contributed by atoms with E-state index in [2.05, 4.69) is 16.7 Å². The molecule has 32 heavy (non-hydrogen) atoms. The fourth-order valence-corrected chi connectivity index (χ4v) is 3.76. The average Bonchev–Trinajstić information content (AvgIpc) is 2.85. The van der Waals surface area contributed by atoms with Crippen molar-refractivity contribution in [3.8, 4) is 5.75 Å². The normalized spacial score (nSPS) is 15.2. The molecule has 1 unspecified atom stereocenters. The molecule has 2 N–H and O–H groups in total. The summed E-state index contributed by atoms with van der Waals surface area (Å²) >= 11 is 0. The van der Waals surface area contributed by atoms with Crippen LogP contribution < -0.4 is 15.4 Å². The average molecular weight is 439 g/mol. The molecule has 0 bridgehead atoms. The minimum absolute atomic E-state index is 0.105. The van der Waals surface area contributed by atoms with E-state index in [-0.39, 0.29) is 11.8 Å². The van der Waals surface area contributed by atoms with Gasteiger partial charge >= 0.3 is 0 Å². The van der Waals surface area contributed by atoms with Crippen molar-refractivity contribution >= 4 is 11.9 Å². The summed E-state index contributed by atoms with van der Waals surface area (Å²) in [4.78, 5) is 19.9. The summed E-state index contributed by atoms with van der Waals surface area (Å²) in [6.45, 7) is 6.29. The van der Waals surface area contributed by atoms with Gasteiger partial charge in [-0.3, -0.25) is 9.79 Å². The van der Waals surface area contributed by atoms with Crippen molar-refractivity contribution in [3.05, 3.63) is 65.7 Å². The van der Waals surface area contributed by atoms with Gasteiger partial charge in [0, 0.05) is 26.2 Å². The maximum atomic E-state index is 13.3. The Morgan fingerprint density at radius 3 is 2.53 bits per heavy atom. The predicted molar refractivity (Wildman–Crippen MR) is 127 cm³/mol. The Labute approximate surface area is 190 Å². The molecular formula is C25H34N4O3. The van der Waals surface area contributed by atoms with Crippen LogP contribution in [0.25, 0.3) is 0 Å². The Bertz CT molecular complexity index is 867. The van der Waals surface area contributed by atoms with Gasteiger partial charge in [-0.15, -0.1) is 0 Å². The molecule has 1 amide bonds. The topological polar surface area (TPSA) is 75.2 Å². The molecule has 2 aromatic carbocycles. The molecule has 0 saturated carbocycles. The van der Waals surface area contributed by atoms with Crippen LogP contribution in [0, 0.1) is 0 Å². The number of morpholine rings is 1. The first-order chi connectivity index (χ1) is 15.7. The van der Waals surface area contributed by atoms with E-state index in [1.165, 1.54) is 0 Å². The Morgan fingerprint density at radius 2 is 1.81 bits per heavy atom. The second-order valence-corrected chi connectivity index (χ2v) is 7.61. The van der Waals surface area contributed by atoms with Gasteiger partial charge in [0.25, 0.3) is 0 Å². The summed E-state index contributed by atoms with van der Waals surface area (Å²) in [6, 6.07) is 17.9. The molecule has 7 nitrogen and oxygen atoms in total. The number of amides is 1. The summed E-state index contributed by atoms with van der Waals surface area (Å²) in [5.74, 6) is 1.38. The van der Waals surface area contributed by atoms with E-state index in [9.17, 15) is 4.79 Å². The van der Waals surface area contributed by atoms with Crippen molar-refractivity contribution in [1.82, 2.24) is 15.5 Å². The first-order valence-electron chi connectivity index (χ1n) is 11.3. The molecule has 0 radical (unpaired) electrons. The monoisotopic (exact) mass is 438 g/mol. The van der Waals surface area contributed by atoms with E-state index in [0.717, 1.165) is 29.8 Å². The van der Waals surface area contributed by atoms with Crippen LogP contribution in [0.1, 0.15) is 24.0 Å². The van der Waals surface area contributed by atoms with E-state index >= 15 is 0 Å². The van der Waals surface area contributed by atoms with Crippen molar-refractivity contribution in [1.29, 1.82) is 0 Å². The van der Waals surface area contributed by atoms with E-state index < -0.39 is 0 Å². The largest absolute Gasteiger partial charge is 0.496 e. The van der Waals surface area contributed by atoms with Gasteiger partial charge in [0.15, 0.2) is 5.96 Å². The van der Waals surface area contributed by atoms with Crippen LogP contribution in [0.15, 0.2) is 59.6 Å². The highest BCUT2D eigenvalue weighted by Gasteiger charge is 2.27. The summed E-state index contributed by atoms with van der Waals surface area (Å²) in [6.07, 6.45) is 0.809. The number of methoxy groups -OCH3 is 1. The second kappa shape index (κ2) is 12.7. The lowest BCUT2D eigenvalue weighted by Gasteiger charge is -2.30. The van der Waals surface area contributed by atoms with Crippen molar-refractivity contribution in [3.63, 3.8) is 0 Å². The van der Waals surface area contributed by atoms with Crippen molar-refractivity contribution in [2.75, 3.05) is 53.0 Å². The minimum Gasteiger partial charge on any atom is -0.496 e. The molecule has 0 aliphatic carbocycles. The Hall–Kier alpha value is -3.06. The fourth-order valence-electron chi connectivity index (χ4n) is 3.76. The molecule has 1 fully saturated rings. The number of ether oxygens (including phenoxy) is 2. The Kier molecular flexibility index (Phi) is 9.37. The lowest BCUT2D eigenvalue weighted by Crippen LogP contribution is -2.44. The molecule has 172 valence electrons. The second-order valence-electron chi connectivity index (χ2n) is 7.61. The number of para-hydroxylation sites is 1. The van der Waals surface area contributed by atoms with E-state index in [4.69, 9.17) is 14.5 Å². The van der Waals surface area contributed by atoms with Crippen LogP contribution >= 0.6 is 0 Å². The minimum atomic E-state index is -0.320. The quantitative estimate of drug-likeness (QED) is 0.465. The molecule has 1 saturated heterocycles. The predicted octanol–water partition coefficient (Wildman–Crippen LogP) is 2.44. The number of hydrogen-bond donors (Lipinski definition) is 2. The molecule has 1 aliphatic heterocycles. The standard InChI is InChI=1S/C25H34N4O3/c1-3-26-25(27-14-13-21-11-7-8-12-23(21)31-2)28-19-22(20-9-5-4-6-10-20)24(30)29-15-17-32-18-16-29/h4-12,22H,3,13-19H2,1-2H3,(H2,26,27,28). The van der Waals surface area contributed by atoms with Gasteiger partial charge in [-0.2, -0.15) is 0 Å². The lowest BCUT2D eigenvalue weighted by molar-refractivity contribution is -0.136. The van der Waals surface area contributed by atoms with E-state index in [0.29, 0.717) is 45.4 Å². The zero-order chi connectivity index (χ0) is 22.6. The van der Waals surface area contributed by atoms with Crippen molar-refractivity contribution < 1.29 is 14.3 Å². The number of rotatable bonds is 9. The number of carbonyl (C=O) groups is 1. The van der Waals surface area contributed by atoms with Gasteiger partial charge in [0.1, 0.15) is 5.75 Å². The van der Waals surface area contributed by atoms with Crippen LogP contribution in [0.3, 0.4) is 0 Å². The van der Waals surface area contributed by atoms with Gasteiger partial charge in [-0.1, -0.05) is 48.5 Å². The zero-order valence-corrected chi connectivity index (χ0v) is 19.0. The van der Waals surface area contributed by atoms with Gasteiger partial charge in [0.05, 0.1) is 32.8 Å². The van der Waals surface area contributed by atoms with Crippen molar-refractivity contribution in [2.45, 2.75) is 19.3 Å². The molecule has 1 aliphatic rings. The molecule has 2 aromatic rings. The number of nitrogens with zero attached hydrogens (tertiary/aromatic N) is 2. The highest BCUT2D eigenvalue weighted by molar-refractivity contribution is 5.85. The maximum absolute atomic E-state index is 13.3. The van der Waals surface area contributed by atoms with Gasteiger partial charge in [-0.05, 0) is 30.5 Å². The Morgan fingerprint density at radius 1 is 1.09 bits per heavy atom. The smallest absolute Gasteiger partial charge is 0.232 e. The fraction of sp³-hybridized carbons (Fsp3) is 0.440. The highest BCUT2D eigenvalue weighted by Crippen LogP contribution is 2.20. The van der Waals surface area contributed by atoms with Gasteiger partial charge in [-0.25, -0.2) is 0 Å². The van der Waals surface area contributed by atoms with Crippen molar-refractivity contribution in [2.24, 2.45) is 4.99 Å². The summed E-state index contributed by atoms with van der Waals surface area (Å²) in [5, 5.41) is 6.67. The third-order valence-electron chi connectivity index (χ3n) is 5.48. The van der Waals surface area contributed by atoms with Crippen LogP contribution in [0.2, 0.25) is 0 Å². The highest BCUT2D eigenvalue weighted by atomic mass is 16.5. The number of carbonyl (C=O) groups excluding carboxylic acids is 1. The maximum Gasteiger partial charge on any atom is 0.232 e. The van der Waals surface area contributed by atoms with Crippen LogP contribution in [0.4, 0.5) is 0 Å². The Balaban J connectivity index is 1.68. The first kappa shape index (κ1) is 23.6. The summed E-state index contributed by atoms with van der Waals surface area (Å²) in [5.41, 5.74) is 2.13. The third-order valence-corrected chi connectivity index (χ3v) is 5.48. The van der Waals surface area contributed by atoms with Gasteiger partial charge in [0.2, 0.25) is 5.91 Å². The summed E-state index contributed by atoms with van der Waals surface area (Å²) in [7, 11) is 1.69. The van der Waals surface area contributed by atoms with Crippen LogP contribution in [-0.2, 0) is 16.0 Å². The number of nitrogens with one attached hydrogen (secondary N) is 2. The number of benzene rings is 2. The number of aliphatic imine (C=N–C) groups is 1. The third kappa shape index (κ3) is 6.72. The van der Waals surface area contributed by atoms with Gasteiger partial charge < -0.3 is 25.0 Å². The number of hydrogen-bond acceptors (Lipinski definition) is 4. The van der Waals surface area contributed by atoms with Crippen LogP contribution in [-0.4, -0.2) is 69.8 Å². The molecular weight excluding hydrogens is 404 g/mol. The summed E-state index contributed by atoms with van der Waals surface area (Å²) < 4.78 is 10.8. The molecule has 1 heterocycles. The molecule has 3 rings (SSSR count). The molecule has 0 spiro atoms. The van der Waals surface area contributed by atoms with E-state index in [1.807, 2.05) is 60.4 Å². The molecule has 7 heteroatoms. The first-order valence-corrected chi connectivity index (χ1v) is 11.3. The number of guanidine groups is 1. The van der Waals surface area contributed by atoms with Crippen LogP contribution in [0.5, 0.6) is 5.75 Å². The molecule has 1 atom stereocenters. The SMILES string of the molecule is CCNC(=NCC(C(=O)N1CCOCC1)c1ccccc1)NCCc1ccccc1OC. The molecule has 0 aromatic heterocycles.